The highest BCUT2D eigenvalue weighted by Crippen LogP contribution is 2.12. The molecule has 0 bridgehead atoms. The SMILES string of the molecule is CN(C)c1cccc(C(=O)NNC(=S)NCCCc2ccccc2)c1. The number of amides is 1. The maximum atomic E-state index is 12.2. The molecule has 0 aliphatic rings. The van der Waals surface area contributed by atoms with Crippen LogP contribution in [-0.2, 0) is 6.42 Å². The summed E-state index contributed by atoms with van der Waals surface area (Å²) in [5, 5.41) is 3.49. The van der Waals surface area contributed by atoms with E-state index in [0.29, 0.717) is 10.7 Å². The number of carbonyl (C=O) groups is 1. The van der Waals surface area contributed by atoms with Crippen molar-refractivity contribution in [1.82, 2.24) is 16.2 Å². The van der Waals surface area contributed by atoms with E-state index in [9.17, 15) is 4.79 Å². The van der Waals surface area contributed by atoms with Crippen LogP contribution in [0.5, 0.6) is 0 Å². The van der Waals surface area contributed by atoms with Gasteiger partial charge in [0.25, 0.3) is 5.91 Å². The molecule has 5 nitrogen and oxygen atoms in total. The van der Waals surface area contributed by atoms with E-state index in [4.69, 9.17) is 12.2 Å². The molecule has 2 aromatic carbocycles. The highest BCUT2D eigenvalue weighted by Gasteiger charge is 2.07. The highest BCUT2D eigenvalue weighted by molar-refractivity contribution is 7.80. The zero-order valence-electron chi connectivity index (χ0n) is 14.6. The van der Waals surface area contributed by atoms with Crippen LogP contribution in [0, 0.1) is 0 Å². The number of thiocarbonyl (C=S) groups is 1. The molecule has 132 valence electrons. The zero-order chi connectivity index (χ0) is 18.1. The van der Waals surface area contributed by atoms with E-state index in [1.165, 1.54) is 5.56 Å². The molecule has 0 heterocycles. The van der Waals surface area contributed by atoms with Crippen molar-refractivity contribution in [3.05, 3.63) is 65.7 Å². The van der Waals surface area contributed by atoms with E-state index in [1.807, 2.05) is 55.4 Å². The molecule has 2 aromatic rings. The third-order valence-corrected chi connectivity index (χ3v) is 3.93. The Labute approximate surface area is 154 Å². The standard InChI is InChI=1S/C19H24N4OS/c1-23(2)17-12-6-11-16(14-17)18(24)21-22-19(25)20-13-7-10-15-8-4-3-5-9-15/h3-6,8-9,11-12,14H,7,10,13H2,1-2H3,(H,21,24)(H2,20,22,25). The van der Waals surface area contributed by atoms with Crippen molar-refractivity contribution in [1.29, 1.82) is 0 Å². The molecule has 25 heavy (non-hydrogen) atoms. The van der Waals surface area contributed by atoms with Crippen LogP contribution in [0.1, 0.15) is 22.3 Å². The number of hydrazine groups is 1. The molecule has 0 radical (unpaired) electrons. The number of nitrogens with one attached hydrogen (secondary N) is 3. The van der Waals surface area contributed by atoms with Crippen molar-refractivity contribution < 1.29 is 4.79 Å². The molecular weight excluding hydrogens is 332 g/mol. The van der Waals surface area contributed by atoms with Gasteiger partial charge in [0.05, 0.1) is 0 Å². The summed E-state index contributed by atoms with van der Waals surface area (Å²) in [5.74, 6) is -0.225. The van der Waals surface area contributed by atoms with Crippen LogP contribution >= 0.6 is 12.2 Å². The first-order valence-corrected chi connectivity index (χ1v) is 8.62. The van der Waals surface area contributed by atoms with E-state index in [-0.39, 0.29) is 5.91 Å². The summed E-state index contributed by atoms with van der Waals surface area (Å²) in [6.07, 6.45) is 1.95. The summed E-state index contributed by atoms with van der Waals surface area (Å²) in [7, 11) is 3.87. The smallest absolute Gasteiger partial charge is 0.269 e. The third-order valence-electron chi connectivity index (χ3n) is 3.68. The van der Waals surface area contributed by atoms with E-state index >= 15 is 0 Å². The quantitative estimate of drug-likeness (QED) is 0.422. The van der Waals surface area contributed by atoms with Crippen LogP contribution < -0.4 is 21.1 Å². The molecule has 6 heteroatoms. The fraction of sp³-hybridized carbons (Fsp3) is 0.263. The van der Waals surface area contributed by atoms with Crippen LogP contribution in [0.25, 0.3) is 0 Å². The Morgan fingerprint density at radius 2 is 1.80 bits per heavy atom. The first kappa shape index (κ1) is 18.7. The highest BCUT2D eigenvalue weighted by atomic mass is 32.1. The van der Waals surface area contributed by atoms with Gasteiger partial charge in [-0.2, -0.15) is 0 Å². The molecule has 0 unspecified atom stereocenters. The minimum Gasteiger partial charge on any atom is -0.378 e. The maximum absolute atomic E-state index is 12.2. The molecule has 0 aromatic heterocycles. The fourth-order valence-electron chi connectivity index (χ4n) is 2.29. The summed E-state index contributed by atoms with van der Waals surface area (Å²) >= 11 is 5.17. The van der Waals surface area contributed by atoms with Crippen LogP contribution in [0.3, 0.4) is 0 Å². The normalized spacial score (nSPS) is 10.0. The van der Waals surface area contributed by atoms with Crippen LogP contribution in [0.2, 0.25) is 0 Å². The van der Waals surface area contributed by atoms with Crippen LogP contribution in [0.4, 0.5) is 5.69 Å². The molecule has 2 rings (SSSR count). The fourth-order valence-corrected chi connectivity index (χ4v) is 2.45. The Morgan fingerprint density at radius 1 is 1.04 bits per heavy atom. The van der Waals surface area contributed by atoms with Crippen molar-refractivity contribution in [2.75, 3.05) is 25.5 Å². The number of aryl methyl sites for hydroxylation is 1. The monoisotopic (exact) mass is 356 g/mol. The zero-order valence-corrected chi connectivity index (χ0v) is 15.4. The lowest BCUT2D eigenvalue weighted by Gasteiger charge is -2.14. The number of anilines is 1. The van der Waals surface area contributed by atoms with Gasteiger partial charge in [0, 0.05) is 31.9 Å². The Hall–Kier alpha value is -2.60. The van der Waals surface area contributed by atoms with E-state index < -0.39 is 0 Å². The number of hydrogen-bond acceptors (Lipinski definition) is 3. The van der Waals surface area contributed by atoms with Gasteiger partial charge in [-0.25, -0.2) is 0 Å². The van der Waals surface area contributed by atoms with Crippen molar-refractivity contribution >= 4 is 28.9 Å². The first-order chi connectivity index (χ1) is 12.1. The molecule has 0 aliphatic heterocycles. The van der Waals surface area contributed by atoms with Gasteiger partial charge < -0.3 is 10.2 Å². The second-order valence-corrected chi connectivity index (χ2v) is 6.28. The molecule has 0 saturated heterocycles. The number of rotatable bonds is 6. The summed E-state index contributed by atoms with van der Waals surface area (Å²) < 4.78 is 0. The number of carbonyl (C=O) groups excluding carboxylic acids is 1. The van der Waals surface area contributed by atoms with Gasteiger partial charge in [-0.15, -0.1) is 0 Å². The third kappa shape index (κ3) is 6.43. The van der Waals surface area contributed by atoms with E-state index in [1.54, 1.807) is 6.07 Å². The second-order valence-electron chi connectivity index (χ2n) is 5.87. The minimum atomic E-state index is -0.225. The van der Waals surface area contributed by atoms with Gasteiger partial charge >= 0.3 is 0 Å². The van der Waals surface area contributed by atoms with Gasteiger partial charge in [-0.05, 0) is 48.8 Å². The molecule has 0 fully saturated rings. The Bertz CT molecular complexity index is 704. The molecular formula is C19H24N4OS. The molecule has 0 saturated carbocycles. The molecule has 0 spiro atoms. The van der Waals surface area contributed by atoms with Gasteiger partial charge in [-0.1, -0.05) is 36.4 Å². The Kier molecular flexibility index (Phi) is 7.22. The lowest BCUT2D eigenvalue weighted by Crippen LogP contribution is -2.47. The predicted octanol–water partition coefficient (Wildman–Crippen LogP) is 2.49. The minimum absolute atomic E-state index is 0.225. The summed E-state index contributed by atoms with van der Waals surface area (Å²) in [6, 6.07) is 17.7. The Balaban J connectivity index is 1.69. The van der Waals surface area contributed by atoms with E-state index in [2.05, 4.69) is 28.3 Å². The van der Waals surface area contributed by atoms with Crippen molar-refractivity contribution in [3.63, 3.8) is 0 Å². The predicted molar refractivity (Wildman–Crippen MR) is 107 cm³/mol. The lowest BCUT2D eigenvalue weighted by atomic mass is 10.1. The number of hydrogen-bond donors (Lipinski definition) is 3. The maximum Gasteiger partial charge on any atom is 0.269 e. The summed E-state index contributed by atoms with van der Waals surface area (Å²) in [6.45, 7) is 0.743. The molecule has 0 aliphatic carbocycles. The second kappa shape index (κ2) is 9.64. The van der Waals surface area contributed by atoms with Crippen molar-refractivity contribution in [2.45, 2.75) is 12.8 Å². The molecule has 3 N–H and O–H groups in total. The number of benzene rings is 2. The lowest BCUT2D eigenvalue weighted by molar-refractivity contribution is 0.0943. The topological polar surface area (TPSA) is 56.4 Å². The summed E-state index contributed by atoms with van der Waals surface area (Å²) in [4.78, 5) is 14.1. The van der Waals surface area contributed by atoms with E-state index in [0.717, 1.165) is 25.1 Å². The summed E-state index contributed by atoms with van der Waals surface area (Å²) in [5.41, 5.74) is 8.19. The van der Waals surface area contributed by atoms with Gasteiger partial charge in [0.15, 0.2) is 5.11 Å². The first-order valence-electron chi connectivity index (χ1n) is 8.22. The Morgan fingerprint density at radius 3 is 2.52 bits per heavy atom. The average Bonchev–Trinajstić information content (AvgIpc) is 2.64. The van der Waals surface area contributed by atoms with Gasteiger partial charge in [0.2, 0.25) is 0 Å². The number of nitrogens with zero attached hydrogens (tertiary/aromatic N) is 1. The average molecular weight is 356 g/mol. The largest absolute Gasteiger partial charge is 0.378 e. The van der Waals surface area contributed by atoms with Gasteiger partial charge in [-0.3, -0.25) is 15.6 Å². The molecule has 1 amide bonds. The molecule has 0 atom stereocenters. The van der Waals surface area contributed by atoms with Crippen molar-refractivity contribution in [3.8, 4) is 0 Å². The van der Waals surface area contributed by atoms with Crippen molar-refractivity contribution in [2.24, 2.45) is 0 Å². The van der Waals surface area contributed by atoms with Gasteiger partial charge in [0.1, 0.15) is 0 Å². The van der Waals surface area contributed by atoms with Crippen LogP contribution in [0.15, 0.2) is 54.6 Å². The van der Waals surface area contributed by atoms with Crippen LogP contribution in [-0.4, -0.2) is 31.7 Å².